The van der Waals surface area contributed by atoms with Crippen LogP contribution in [-0.4, -0.2) is 17.4 Å². The molecule has 0 fully saturated rings. The first-order valence-corrected chi connectivity index (χ1v) is 5.35. The molecule has 0 atom stereocenters. The van der Waals surface area contributed by atoms with Crippen molar-refractivity contribution in [3.63, 3.8) is 0 Å². The molecule has 0 aliphatic rings. The molecule has 0 spiro atoms. The quantitative estimate of drug-likeness (QED) is 0.479. The van der Waals surface area contributed by atoms with Crippen LogP contribution in [0.1, 0.15) is 31.8 Å². The fourth-order valence-electron chi connectivity index (χ4n) is 1.26. The fourth-order valence-corrected chi connectivity index (χ4v) is 1.56. The number of rotatable bonds is 3. The van der Waals surface area contributed by atoms with Gasteiger partial charge in [0.25, 0.3) is 0 Å². The molecule has 15 heavy (non-hydrogen) atoms. The van der Waals surface area contributed by atoms with Crippen molar-refractivity contribution < 1.29 is 9.59 Å². The molecule has 0 amide bonds. The first-order chi connectivity index (χ1) is 7.13. The fraction of sp³-hybridized carbons (Fsp3) is 0.182. The summed E-state index contributed by atoms with van der Waals surface area (Å²) in [5, 5.41) is 8.93. The highest BCUT2D eigenvalue weighted by Crippen LogP contribution is 2.16. The Balaban J connectivity index is 3.41. The highest BCUT2D eigenvalue weighted by Gasteiger charge is 2.12. The van der Waals surface area contributed by atoms with E-state index in [2.05, 4.69) is 15.9 Å². The van der Waals surface area contributed by atoms with Crippen LogP contribution in [0, 0.1) is 18.3 Å². The van der Waals surface area contributed by atoms with Crippen LogP contribution < -0.4 is 0 Å². The number of hydrogen-bond acceptors (Lipinski definition) is 3. The van der Waals surface area contributed by atoms with E-state index >= 15 is 0 Å². The standard InChI is InChI=1S/C11H8BrNO2/c1-7-2-10(11(15)4-12)9(6-14)3-8(7)5-13/h2-3,6H,4H2,1H3. The average molecular weight is 266 g/mol. The van der Waals surface area contributed by atoms with Gasteiger partial charge in [-0.3, -0.25) is 9.59 Å². The lowest BCUT2D eigenvalue weighted by molar-refractivity contribution is 0.101. The second-order valence-corrected chi connectivity index (χ2v) is 3.60. The van der Waals surface area contributed by atoms with Gasteiger partial charge in [-0.2, -0.15) is 5.26 Å². The summed E-state index contributed by atoms with van der Waals surface area (Å²) in [4.78, 5) is 22.2. The summed E-state index contributed by atoms with van der Waals surface area (Å²) in [6.07, 6.45) is 0.593. The van der Waals surface area contributed by atoms with Gasteiger partial charge >= 0.3 is 0 Å². The molecule has 1 rings (SSSR count). The highest BCUT2D eigenvalue weighted by atomic mass is 79.9. The second kappa shape index (κ2) is 4.85. The maximum Gasteiger partial charge on any atom is 0.174 e. The zero-order valence-corrected chi connectivity index (χ0v) is 9.67. The van der Waals surface area contributed by atoms with Gasteiger partial charge in [0.2, 0.25) is 0 Å². The summed E-state index contributed by atoms with van der Waals surface area (Å²) in [5.74, 6) is -0.162. The molecule has 0 unspecified atom stereocenters. The number of nitrogens with zero attached hydrogens (tertiary/aromatic N) is 1. The summed E-state index contributed by atoms with van der Waals surface area (Å²) in [6, 6.07) is 4.99. The number of halogens is 1. The maximum absolute atomic E-state index is 11.5. The van der Waals surface area contributed by atoms with Crippen LogP contribution in [0.2, 0.25) is 0 Å². The maximum atomic E-state index is 11.5. The number of nitriles is 1. The van der Waals surface area contributed by atoms with Crippen molar-refractivity contribution in [1.29, 1.82) is 5.26 Å². The minimum absolute atomic E-state index is 0.162. The van der Waals surface area contributed by atoms with Gasteiger partial charge < -0.3 is 0 Å². The van der Waals surface area contributed by atoms with E-state index in [0.29, 0.717) is 23.0 Å². The van der Waals surface area contributed by atoms with Gasteiger partial charge in [0, 0.05) is 11.1 Å². The molecule has 0 saturated heterocycles. The van der Waals surface area contributed by atoms with E-state index in [-0.39, 0.29) is 16.7 Å². The molecule has 0 radical (unpaired) electrons. The van der Waals surface area contributed by atoms with Crippen LogP contribution >= 0.6 is 15.9 Å². The Labute approximate surface area is 95.8 Å². The van der Waals surface area contributed by atoms with Gasteiger partial charge in [-0.1, -0.05) is 15.9 Å². The molecule has 3 nitrogen and oxygen atoms in total. The summed E-state index contributed by atoms with van der Waals surface area (Å²) in [6.45, 7) is 1.73. The Hall–Kier alpha value is -1.47. The van der Waals surface area contributed by atoms with Crippen molar-refractivity contribution in [1.82, 2.24) is 0 Å². The lowest BCUT2D eigenvalue weighted by Gasteiger charge is -2.04. The van der Waals surface area contributed by atoms with Crippen LogP contribution in [0.25, 0.3) is 0 Å². The molecule has 0 heterocycles. The van der Waals surface area contributed by atoms with Crippen molar-refractivity contribution in [2.24, 2.45) is 0 Å². The number of aryl methyl sites for hydroxylation is 1. The first-order valence-electron chi connectivity index (χ1n) is 4.23. The van der Waals surface area contributed by atoms with Crippen LogP contribution in [0.4, 0.5) is 0 Å². The number of aldehydes is 1. The van der Waals surface area contributed by atoms with E-state index in [9.17, 15) is 9.59 Å². The number of carbonyl (C=O) groups excluding carboxylic acids is 2. The van der Waals surface area contributed by atoms with Crippen molar-refractivity contribution in [2.45, 2.75) is 6.92 Å². The van der Waals surface area contributed by atoms with Gasteiger partial charge in [0.15, 0.2) is 12.1 Å². The molecule has 0 aliphatic heterocycles. The first kappa shape index (κ1) is 11.6. The third kappa shape index (κ3) is 2.31. The Morgan fingerprint density at radius 2 is 2.27 bits per heavy atom. The van der Waals surface area contributed by atoms with Crippen LogP contribution in [-0.2, 0) is 0 Å². The van der Waals surface area contributed by atoms with E-state index in [1.807, 2.05) is 6.07 Å². The van der Waals surface area contributed by atoms with Crippen LogP contribution in [0.5, 0.6) is 0 Å². The van der Waals surface area contributed by atoms with Gasteiger partial charge in [-0.15, -0.1) is 0 Å². The molecule has 0 aliphatic carbocycles. The number of carbonyl (C=O) groups is 2. The van der Waals surface area contributed by atoms with Crippen molar-refractivity contribution in [2.75, 3.05) is 5.33 Å². The predicted octanol–water partition coefficient (Wildman–Crippen LogP) is 2.26. The van der Waals surface area contributed by atoms with E-state index in [1.165, 1.54) is 6.07 Å². The summed E-state index contributed by atoms with van der Waals surface area (Å²) in [5.41, 5.74) is 1.75. The molecular weight excluding hydrogens is 258 g/mol. The molecule has 76 valence electrons. The Morgan fingerprint density at radius 1 is 1.60 bits per heavy atom. The molecular formula is C11H8BrNO2. The minimum atomic E-state index is -0.162. The normalized spacial score (nSPS) is 9.40. The highest BCUT2D eigenvalue weighted by molar-refractivity contribution is 9.09. The number of benzene rings is 1. The Bertz CT molecular complexity index is 460. The molecule has 0 bridgehead atoms. The van der Waals surface area contributed by atoms with E-state index < -0.39 is 0 Å². The second-order valence-electron chi connectivity index (χ2n) is 3.04. The number of ketones is 1. The van der Waals surface area contributed by atoms with Gasteiger partial charge in [0.1, 0.15) is 0 Å². The van der Waals surface area contributed by atoms with E-state index in [4.69, 9.17) is 5.26 Å². The van der Waals surface area contributed by atoms with Gasteiger partial charge in [-0.05, 0) is 24.6 Å². The zero-order chi connectivity index (χ0) is 11.4. The number of hydrogen-bond donors (Lipinski definition) is 0. The van der Waals surface area contributed by atoms with Crippen molar-refractivity contribution >= 4 is 28.0 Å². The lowest BCUT2D eigenvalue weighted by Crippen LogP contribution is -2.06. The number of Topliss-reactive ketones (excluding diaryl/α,β-unsaturated/α-hetero) is 1. The van der Waals surface area contributed by atoms with Crippen molar-refractivity contribution in [3.05, 3.63) is 34.4 Å². The largest absolute Gasteiger partial charge is 0.298 e. The summed E-state index contributed by atoms with van der Waals surface area (Å²) >= 11 is 3.04. The Morgan fingerprint density at radius 3 is 2.73 bits per heavy atom. The smallest absolute Gasteiger partial charge is 0.174 e. The monoisotopic (exact) mass is 265 g/mol. The third-order valence-electron chi connectivity index (χ3n) is 2.07. The summed E-state index contributed by atoms with van der Waals surface area (Å²) in [7, 11) is 0. The molecule has 0 N–H and O–H groups in total. The van der Waals surface area contributed by atoms with Gasteiger partial charge in [-0.25, -0.2) is 0 Å². The third-order valence-corrected chi connectivity index (χ3v) is 2.58. The minimum Gasteiger partial charge on any atom is -0.298 e. The summed E-state index contributed by atoms with van der Waals surface area (Å²) < 4.78 is 0. The predicted molar refractivity (Wildman–Crippen MR) is 59.4 cm³/mol. The average Bonchev–Trinajstić information content (AvgIpc) is 2.27. The van der Waals surface area contributed by atoms with E-state index in [0.717, 1.165) is 0 Å². The van der Waals surface area contributed by atoms with Crippen LogP contribution in [0.3, 0.4) is 0 Å². The SMILES string of the molecule is Cc1cc(C(=O)CBr)c(C=O)cc1C#N. The molecule has 1 aromatic rings. The van der Waals surface area contributed by atoms with Crippen molar-refractivity contribution in [3.8, 4) is 6.07 Å². The molecule has 0 aromatic heterocycles. The van der Waals surface area contributed by atoms with E-state index in [1.54, 1.807) is 13.0 Å². The van der Waals surface area contributed by atoms with Crippen LogP contribution in [0.15, 0.2) is 12.1 Å². The zero-order valence-electron chi connectivity index (χ0n) is 8.08. The molecule has 1 aromatic carbocycles. The lowest BCUT2D eigenvalue weighted by atomic mass is 9.98. The molecule has 0 saturated carbocycles. The molecule has 4 heteroatoms. The number of alkyl halides is 1. The Kier molecular flexibility index (Phi) is 3.75. The van der Waals surface area contributed by atoms with Gasteiger partial charge in [0.05, 0.1) is 17.0 Å². The topological polar surface area (TPSA) is 57.9 Å².